The minimum absolute atomic E-state index is 0.00651. The van der Waals surface area contributed by atoms with E-state index in [1.165, 1.54) is 13.1 Å². The number of pyridine rings is 1. The van der Waals surface area contributed by atoms with Crippen molar-refractivity contribution in [3.8, 4) is 0 Å². The second kappa shape index (κ2) is 5.93. The molecule has 1 aromatic heterocycles. The maximum Gasteiger partial charge on any atom is 0.216 e. The van der Waals surface area contributed by atoms with Crippen molar-refractivity contribution in [3.05, 3.63) is 28.5 Å². The molecule has 0 saturated carbocycles. The Labute approximate surface area is 102 Å². The van der Waals surface area contributed by atoms with Crippen LogP contribution >= 0.6 is 15.9 Å². The Morgan fingerprint density at radius 1 is 1.56 bits per heavy atom. The van der Waals surface area contributed by atoms with E-state index in [4.69, 9.17) is 0 Å². The first-order valence-electron chi connectivity index (χ1n) is 4.72. The average molecular weight is 289 g/mol. The van der Waals surface area contributed by atoms with Gasteiger partial charge in [0.25, 0.3) is 0 Å². The van der Waals surface area contributed by atoms with Crippen LogP contribution in [-0.2, 0) is 4.79 Å². The van der Waals surface area contributed by atoms with Gasteiger partial charge in [-0.05, 0) is 22.0 Å². The topological polar surface area (TPSA) is 82.5 Å². The van der Waals surface area contributed by atoms with Crippen LogP contribution in [0.4, 0.5) is 0 Å². The highest BCUT2D eigenvalue weighted by Gasteiger charge is 2.18. The van der Waals surface area contributed by atoms with Crippen LogP contribution in [-0.4, -0.2) is 33.8 Å². The maximum absolute atomic E-state index is 10.6. The Bertz CT molecular complexity index is 356. The molecule has 16 heavy (non-hydrogen) atoms. The Hall–Kier alpha value is -0.980. The van der Waals surface area contributed by atoms with Crippen molar-refractivity contribution in [2.45, 2.75) is 19.1 Å². The molecular weight excluding hydrogens is 276 g/mol. The van der Waals surface area contributed by atoms with Gasteiger partial charge in [-0.1, -0.05) is 6.07 Å². The van der Waals surface area contributed by atoms with E-state index in [2.05, 4.69) is 26.2 Å². The van der Waals surface area contributed by atoms with Crippen molar-refractivity contribution in [2.24, 2.45) is 0 Å². The fourth-order valence-electron chi connectivity index (χ4n) is 1.14. The van der Waals surface area contributed by atoms with E-state index in [1.807, 2.05) is 0 Å². The van der Waals surface area contributed by atoms with Crippen molar-refractivity contribution < 1.29 is 15.0 Å². The van der Waals surface area contributed by atoms with E-state index in [1.54, 1.807) is 12.1 Å². The molecule has 0 aliphatic rings. The number of aliphatic hydroxyl groups excluding tert-OH is 2. The average Bonchev–Trinajstić information content (AvgIpc) is 2.26. The first-order valence-corrected chi connectivity index (χ1v) is 5.52. The number of hydrogen-bond acceptors (Lipinski definition) is 4. The van der Waals surface area contributed by atoms with Crippen LogP contribution in [0.2, 0.25) is 0 Å². The summed E-state index contributed by atoms with van der Waals surface area (Å²) >= 11 is 3.17. The molecule has 0 bridgehead atoms. The van der Waals surface area contributed by atoms with Crippen molar-refractivity contribution in [3.63, 3.8) is 0 Å². The van der Waals surface area contributed by atoms with Gasteiger partial charge in [0.1, 0.15) is 16.8 Å². The van der Waals surface area contributed by atoms with Crippen molar-refractivity contribution in [2.75, 3.05) is 6.54 Å². The van der Waals surface area contributed by atoms with Gasteiger partial charge in [-0.2, -0.15) is 0 Å². The minimum atomic E-state index is -1.06. The number of aromatic nitrogens is 1. The molecule has 1 amide bonds. The van der Waals surface area contributed by atoms with Crippen LogP contribution in [0.25, 0.3) is 0 Å². The van der Waals surface area contributed by atoms with Gasteiger partial charge >= 0.3 is 0 Å². The van der Waals surface area contributed by atoms with E-state index in [-0.39, 0.29) is 12.5 Å². The van der Waals surface area contributed by atoms with Crippen LogP contribution in [0.1, 0.15) is 18.6 Å². The van der Waals surface area contributed by atoms with Crippen LogP contribution < -0.4 is 5.32 Å². The molecule has 0 aliphatic heterocycles. The summed E-state index contributed by atoms with van der Waals surface area (Å²) < 4.78 is 0.653. The summed E-state index contributed by atoms with van der Waals surface area (Å²) in [5, 5.41) is 21.8. The van der Waals surface area contributed by atoms with Crippen molar-refractivity contribution in [1.82, 2.24) is 10.3 Å². The molecule has 0 radical (unpaired) electrons. The van der Waals surface area contributed by atoms with Crippen LogP contribution in [0.3, 0.4) is 0 Å². The normalized spacial score (nSPS) is 14.2. The van der Waals surface area contributed by atoms with Crippen LogP contribution in [0.5, 0.6) is 0 Å². The summed E-state index contributed by atoms with van der Waals surface area (Å²) in [6.45, 7) is 1.35. The molecular formula is C10H13BrN2O3. The number of halogens is 1. The molecule has 0 spiro atoms. The summed E-state index contributed by atoms with van der Waals surface area (Å²) in [5.41, 5.74) is 0.501. The highest BCUT2D eigenvalue weighted by Crippen LogP contribution is 2.17. The molecule has 1 heterocycles. The van der Waals surface area contributed by atoms with Crippen molar-refractivity contribution in [1.29, 1.82) is 0 Å². The third-order valence-corrected chi connectivity index (χ3v) is 2.49. The quantitative estimate of drug-likeness (QED) is 0.700. The Morgan fingerprint density at radius 3 is 2.75 bits per heavy atom. The largest absolute Gasteiger partial charge is 0.388 e. The fraction of sp³-hybridized carbons (Fsp3) is 0.400. The number of rotatable bonds is 4. The molecule has 2 unspecified atom stereocenters. The molecule has 1 rings (SSSR count). The monoisotopic (exact) mass is 288 g/mol. The Balaban J connectivity index is 2.59. The maximum atomic E-state index is 10.6. The molecule has 0 saturated heterocycles. The summed E-state index contributed by atoms with van der Waals surface area (Å²) in [4.78, 5) is 14.6. The SMILES string of the molecule is CC(=O)NCC(O)C(O)c1ccc(Br)nc1. The molecule has 0 aliphatic carbocycles. The molecule has 3 N–H and O–H groups in total. The van der Waals surface area contributed by atoms with Crippen molar-refractivity contribution >= 4 is 21.8 Å². The zero-order valence-corrected chi connectivity index (χ0v) is 10.3. The number of carbonyl (C=O) groups is 1. The highest BCUT2D eigenvalue weighted by atomic mass is 79.9. The second-order valence-corrected chi connectivity index (χ2v) is 4.18. The first kappa shape index (κ1) is 13.1. The second-order valence-electron chi connectivity index (χ2n) is 3.36. The van der Waals surface area contributed by atoms with E-state index >= 15 is 0 Å². The van der Waals surface area contributed by atoms with Gasteiger partial charge in [-0.3, -0.25) is 4.79 Å². The number of nitrogens with one attached hydrogen (secondary N) is 1. The molecule has 5 nitrogen and oxygen atoms in total. The van der Waals surface area contributed by atoms with Gasteiger partial charge in [0.05, 0.1) is 0 Å². The summed E-state index contributed by atoms with van der Waals surface area (Å²) in [6, 6.07) is 3.32. The van der Waals surface area contributed by atoms with Crippen LogP contribution in [0.15, 0.2) is 22.9 Å². The minimum Gasteiger partial charge on any atom is -0.388 e. The molecule has 2 atom stereocenters. The van der Waals surface area contributed by atoms with Gasteiger partial charge in [-0.15, -0.1) is 0 Å². The zero-order valence-electron chi connectivity index (χ0n) is 8.72. The Morgan fingerprint density at radius 2 is 2.25 bits per heavy atom. The predicted octanol–water partition coefficient (Wildman–Crippen LogP) is 0.374. The van der Waals surface area contributed by atoms with Gasteiger partial charge in [0.15, 0.2) is 0 Å². The lowest BCUT2D eigenvalue weighted by Gasteiger charge is -2.17. The molecule has 6 heteroatoms. The van der Waals surface area contributed by atoms with E-state index in [0.29, 0.717) is 10.2 Å². The number of amides is 1. The third kappa shape index (κ3) is 3.88. The van der Waals surface area contributed by atoms with Gasteiger partial charge in [0.2, 0.25) is 5.91 Å². The molecule has 0 aromatic carbocycles. The molecule has 88 valence electrons. The first-order chi connectivity index (χ1) is 7.50. The number of aliphatic hydroxyl groups is 2. The van der Waals surface area contributed by atoms with E-state index in [0.717, 1.165) is 0 Å². The van der Waals surface area contributed by atoms with Gasteiger partial charge in [0, 0.05) is 25.2 Å². The summed E-state index contributed by atoms with van der Waals surface area (Å²) in [7, 11) is 0. The Kier molecular flexibility index (Phi) is 4.85. The number of hydrogen-bond donors (Lipinski definition) is 3. The fourth-order valence-corrected chi connectivity index (χ4v) is 1.38. The van der Waals surface area contributed by atoms with Crippen LogP contribution in [0, 0.1) is 0 Å². The smallest absolute Gasteiger partial charge is 0.216 e. The van der Waals surface area contributed by atoms with Gasteiger partial charge < -0.3 is 15.5 Å². The van der Waals surface area contributed by atoms with E-state index < -0.39 is 12.2 Å². The third-order valence-electron chi connectivity index (χ3n) is 2.02. The lowest BCUT2D eigenvalue weighted by Crippen LogP contribution is -2.34. The summed E-state index contributed by atoms with van der Waals surface area (Å²) in [5.74, 6) is -0.250. The molecule has 0 fully saturated rings. The lowest BCUT2D eigenvalue weighted by atomic mass is 10.1. The molecule has 1 aromatic rings. The zero-order chi connectivity index (χ0) is 12.1. The highest BCUT2D eigenvalue weighted by molar-refractivity contribution is 9.10. The van der Waals surface area contributed by atoms with E-state index in [9.17, 15) is 15.0 Å². The lowest BCUT2D eigenvalue weighted by molar-refractivity contribution is -0.119. The van der Waals surface area contributed by atoms with Gasteiger partial charge in [-0.25, -0.2) is 4.98 Å². The summed E-state index contributed by atoms with van der Waals surface area (Å²) in [6.07, 6.45) is -0.648. The standard InChI is InChI=1S/C10H13BrN2O3/c1-6(14)12-5-8(15)10(16)7-2-3-9(11)13-4-7/h2-4,8,10,15-16H,5H2,1H3,(H,12,14). The predicted molar refractivity (Wildman–Crippen MR) is 61.6 cm³/mol. The number of nitrogens with zero attached hydrogens (tertiary/aromatic N) is 1. The number of carbonyl (C=O) groups excluding carboxylic acids is 1.